The van der Waals surface area contributed by atoms with Crippen LogP contribution in [0.4, 0.5) is 0 Å². The van der Waals surface area contributed by atoms with Crippen molar-refractivity contribution in [2.75, 3.05) is 27.9 Å². The number of benzene rings is 1. The van der Waals surface area contributed by atoms with Crippen molar-refractivity contribution in [1.29, 1.82) is 0 Å². The Hall–Kier alpha value is -1.95. The van der Waals surface area contributed by atoms with E-state index in [1.807, 2.05) is 6.92 Å². The highest BCUT2D eigenvalue weighted by Gasteiger charge is 2.19. The molecule has 21 heavy (non-hydrogen) atoms. The normalized spacial score (nSPS) is 11.7. The smallest absolute Gasteiger partial charge is 0.255 e. The van der Waals surface area contributed by atoms with Gasteiger partial charge >= 0.3 is 0 Å². The van der Waals surface area contributed by atoms with Crippen LogP contribution in [0.3, 0.4) is 0 Å². The molecule has 6 heteroatoms. The largest absolute Gasteiger partial charge is 0.496 e. The van der Waals surface area contributed by atoms with E-state index in [0.717, 1.165) is 12.8 Å². The Morgan fingerprint density at radius 3 is 2.19 bits per heavy atom. The number of methoxy groups -OCH3 is 3. The molecule has 3 N–H and O–H groups in total. The number of hydrogen-bond acceptors (Lipinski definition) is 5. The first-order chi connectivity index (χ1) is 10.1. The summed E-state index contributed by atoms with van der Waals surface area (Å²) in [5, 5.41) is 2.95. The second-order valence-corrected chi connectivity index (χ2v) is 4.56. The third-order valence-corrected chi connectivity index (χ3v) is 3.29. The minimum atomic E-state index is -0.215. The van der Waals surface area contributed by atoms with Crippen LogP contribution in [0.15, 0.2) is 12.1 Å². The van der Waals surface area contributed by atoms with Gasteiger partial charge in [-0.2, -0.15) is 0 Å². The second-order valence-electron chi connectivity index (χ2n) is 4.56. The van der Waals surface area contributed by atoms with Crippen molar-refractivity contribution in [3.05, 3.63) is 17.7 Å². The SMILES string of the molecule is CCC(CCN)NC(=O)c1cc(OC)c(OC)cc1OC. The third-order valence-electron chi connectivity index (χ3n) is 3.29. The molecule has 6 nitrogen and oxygen atoms in total. The van der Waals surface area contributed by atoms with Gasteiger partial charge < -0.3 is 25.3 Å². The van der Waals surface area contributed by atoms with Crippen molar-refractivity contribution < 1.29 is 19.0 Å². The van der Waals surface area contributed by atoms with Gasteiger partial charge in [-0.05, 0) is 19.4 Å². The van der Waals surface area contributed by atoms with Crippen LogP contribution >= 0.6 is 0 Å². The molecule has 0 spiro atoms. The molecule has 0 radical (unpaired) electrons. The van der Waals surface area contributed by atoms with Gasteiger partial charge in [0.25, 0.3) is 5.91 Å². The highest BCUT2D eigenvalue weighted by molar-refractivity contribution is 5.98. The Bertz CT molecular complexity index is 477. The van der Waals surface area contributed by atoms with Gasteiger partial charge in [0.2, 0.25) is 0 Å². The van der Waals surface area contributed by atoms with Gasteiger partial charge in [-0.15, -0.1) is 0 Å². The predicted octanol–water partition coefficient (Wildman–Crippen LogP) is 1.57. The first-order valence-corrected chi connectivity index (χ1v) is 6.92. The quantitative estimate of drug-likeness (QED) is 0.761. The van der Waals surface area contributed by atoms with Gasteiger partial charge in [0, 0.05) is 18.2 Å². The minimum absolute atomic E-state index is 0.0419. The predicted molar refractivity (Wildman–Crippen MR) is 81.3 cm³/mol. The topological polar surface area (TPSA) is 82.8 Å². The van der Waals surface area contributed by atoms with Gasteiger partial charge in [0.05, 0.1) is 26.9 Å². The maximum atomic E-state index is 12.4. The molecule has 0 aliphatic rings. The average Bonchev–Trinajstić information content (AvgIpc) is 2.52. The lowest BCUT2D eigenvalue weighted by molar-refractivity contribution is 0.0931. The molecule has 1 atom stereocenters. The molecule has 0 aromatic heterocycles. The van der Waals surface area contributed by atoms with Crippen LogP contribution in [-0.4, -0.2) is 39.8 Å². The standard InChI is InChI=1S/C15H24N2O4/c1-5-10(6-7-16)17-15(18)11-8-13(20-3)14(21-4)9-12(11)19-2/h8-10H,5-7,16H2,1-4H3,(H,17,18). The molecule has 0 aliphatic carbocycles. The molecule has 0 fully saturated rings. The highest BCUT2D eigenvalue weighted by atomic mass is 16.5. The van der Waals surface area contributed by atoms with Crippen molar-refractivity contribution in [2.45, 2.75) is 25.8 Å². The lowest BCUT2D eigenvalue weighted by atomic mass is 10.1. The number of nitrogens with one attached hydrogen (secondary N) is 1. The molecule has 0 bridgehead atoms. The van der Waals surface area contributed by atoms with Crippen LogP contribution in [0.2, 0.25) is 0 Å². The fraction of sp³-hybridized carbons (Fsp3) is 0.533. The number of ether oxygens (including phenoxy) is 3. The zero-order valence-corrected chi connectivity index (χ0v) is 13.1. The first-order valence-electron chi connectivity index (χ1n) is 6.92. The maximum Gasteiger partial charge on any atom is 0.255 e. The zero-order valence-electron chi connectivity index (χ0n) is 13.1. The van der Waals surface area contributed by atoms with Gasteiger partial charge in [0.1, 0.15) is 5.75 Å². The molecule has 0 heterocycles. The van der Waals surface area contributed by atoms with Crippen LogP contribution < -0.4 is 25.3 Å². The number of carbonyl (C=O) groups excluding carboxylic acids is 1. The van der Waals surface area contributed by atoms with E-state index >= 15 is 0 Å². The summed E-state index contributed by atoms with van der Waals surface area (Å²) in [7, 11) is 4.57. The number of amides is 1. The van der Waals surface area contributed by atoms with Crippen LogP contribution in [0, 0.1) is 0 Å². The van der Waals surface area contributed by atoms with Crippen molar-refractivity contribution >= 4 is 5.91 Å². The summed E-state index contributed by atoms with van der Waals surface area (Å²) in [5.41, 5.74) is 5.95. The number of rotatable bonds is 8. The van der Waals surface area contributed by atoms with Crippen molar-refractivity contribution in [3.8, 4) is 17.2 Å². The molecule has 1 aromatic carbocycles. The van der Waals surface area contributed by atoms with E-state index in [1.54, 1.807) is 12.1 Å². The van der Waals surface area contributed by atoms with E-state index in [1.165, 1.54) is 21.3 Å². The monoisotopic (exact) mass is 296 g/mol. The van der Waals surface area contributed by atoms with Crippen LogP contribution in [0.5, 0.6) is 17.2 Å². The zero-order chi connectivity index (χ0) is 15.8. The lowest BCUT2D eigenvalue weighted by Crippen LogP contribution is -2.36. The van der Waals surface area contributed by atoms with E-state index in [0.29, 0.717) is 29.4 Å². The Morgan fingerprint density at radius 2 is 1.71 bits per heavy atom. The number of carbonyl (C=O) groups is 1. The summed E-state index contributed by atoms with van der Waals surface area (Å²) >= 11 is 0. The fourth-order valence-corrected chi connectivity index (χ4v) is 2.05. The Balaban J connectivity index is 3.07. The Kier molecular flexibility index (Phi) is 6.81. The van der Waals surface area contributed by atoms with Gasteiger partial charge in [-0.25, -0.2) is 0 Å². The first kappa shape index (κ1) is 17.1. The average molecular weight is 296 g/mol. The van der Waals surface area contributed by atoms with Gasteiger partial charge in [0.15, 0.2) is 11.5 Å². The summed E-state index contributed by atoms with van der Waals surface area (Å²) in [6.07, 6.45) is 1.55. The van der Waals surface area contributed by atoms with Crippen molar-refractivity contribution in [3.63, 3.8) is 0 Å². The van der Waals surface area contributed by atoms with Crippen LogP contribution in [0.25, 0.3) is 0 Å². The van der Waals surface area contributed by atoms with Crippen LogP contribution in [-0.2, 0) is 0 Å². The summed E-state index contributed by atoms with van der Waals surface area (Å²) in [4.78, 5) is 12.4. The maximum absolute atomic E-state index is 12.4. The molecular weight excluding hydrogens is 272 g/mol. The van der Waals surface area contributed by atoms with Crippen molar-refractivity contribution in [2.24, 2.45) is 5.73 Å². The Labute approximate surface area is 125 Å². The molecule has 0 aliphatic heterocycles. The molecular formula is C15H24N2O4. The molecule has 1 rings (SSSR count). The highest BCUT2D eigenvalue weighted by Crippen LogP contribution is 2.34. The molecule has 0 saturated heterocycles. The van der Waals surface area contributed by atoms with E-state index < -0.39 is 0 Å². The summed E-state index contributed by atoms with van der Waals surface area (Å²) in [5.74, 6) is 1.22. The third kappa shape index (κ3) is 4.26. The second kappa shape index (κ2) is 8.36. The Morgan fingerprint density at radius 1 is 1.14 bits per heavy atom. The molecule has 118 valence electrons. The molecule has 1 unspecified atom stereocenters. The van der Waals surface area contributed by atoms with E-state index in [9.17, 15) is 4.79 Å². The summed E-state index contributed by atoms with van der Waals surface area (Å²) in [6, 6.07) is 3.29. The van der Waals surface area contributed by atoms with E-state index in [2.05, 4.69) is 5.32 Å². The van der Waals surface area contributed by atoms with Gasteiger partial charge in [-0.3, -0.25) is 4.79 Å². The van der Waals surface area contributed by atoms with Gasteiger partial charge in [-0.1, -0.05) is 6.92 Å². The molecule has 1 aromatic rings. The van der Waals surface area contributed by atoms with Crippen LogP contribution in [0.1, 0.15) is 30.1 Å². The van der Waals surface area contributed by atoms with E-state index in [4.69, 9.17) is 19.9 Å². The number of hydrogen-bond donors (Lipinski definition) is 2. The summed E-state index contributed by atoms with van der Waals surface area (Å²) in [6.45, 7) is 2.54. The fourth-order valence-electron chi connectivity index (χ4n) is 2.05. The van der Waals surface area contributed by atoms with Crippen molar-refractivity contribution in [1.82, 2.24) is 5.32 Å². The number of nitrogens with two attached hydrogens (primary N) is 1. The van der Waals surface area contributed by atoms with E-state index in [-0.39, 0.29) is 11.9 Å². The lowest BCUT2D eigenvalue weighted by Gasteiger charge is -2.18. The minimum Gasteiger partial charge on any atom is -0.496 e. The summed E-state index contributed by atoms with van der Waals surface area (Å²) < 4.78 is 15.7. The molecule has 0 saturated carbocycles. The molecule has 1 amide bonds.